The van der Waals surface area contributed by atoms with E-state index in [0.29, 0.717) is 36.0 Å². The van der Waals surface area contributed by atoms with Crippen LogP contribution in [-0.2, 0) is 9.59 Å². The molecule has 0 spiro atoms. The molecule has 0 bridgehead atoms. The lowest BCUT2D eigenvalue weighted by atomic mass is 10.1. The number of halogens is 1. The van der Waals surface area contributed by atoms with Gasteiger partial charge in [0.25, 0.3) is 0 Å². The summed E-state index contributed by atoms with van der Waals surface area (Å²) in [6.07, 6.45) is 1.84. The molecule has 2 aliphatic heterocycles. The molecule has 6 nitrogen and oxygen atoms in total. The lowest BCUT2D eigenvalue weighted by Crippen LogP contribution is -2.42. The fraction of sp³-hybridized carbons (Fsp3) is 0.350. The van der Waals surface area contributed by atoms with Crippen molar-refractivity contribution in [3.63, 3.8) is 0 Å². The number of ether oxygens (including phenoxy) is 1. The van der Waals surface area contributed by atoms with E-state index in [1.165, 1.54) is 6.07 Å². The monoisotopic (exact) mass is 369 g/mol. The predicted octanol–water partition coefficient (Wildman–Crippen LogP) is 2.62. The first-order valence-electron chi connectivity index (χ1n) is 8.91. The Labute approximate surface area is 156 Å². The Balaban J connectivity index is 1.57. The largest absolute Gasteiger partial charge is 0.474 e. The first-order valence-corrected chi connectivity index (χ1v) is 8.91. The maximum atomic E-state index is 13.5. The number of rotatable bonds is 2. The lowest BCUT2D eigenvalue weighted by molar-refractivity contribution is -0.124. The molecular weight excluding hydrogens is 349 g/mol. The van der Waals surface area contributed by atoms with Gasteiger partial charge in [0.2, 0.25) is 17.7 Å². The summed E-state index contributed by atoms with van der Waals surface area (Å²) >= 11 is 0. The molecule has 0 radical (unpaired) electrons. The molecule has 7 heteroatoms. The van der Waals surface area contributed by atoms with E-state index < -0.39 is 5.92 Å². The second kappa shape index (κ2) is 6.64. The molecule has 0 saturated carbocycles. The van der Waals surface area contributed by atoms with Crippen LogP contribution in [-0.4, -0.2) is 36.5 Å². The van der Waals surface area contributed by atoms with Gasteiger partial charge in [0.05, 0.1) is 12.5 Å². The third kappa shape index (κ3) is 3.13. The number of amides is 2. The zero-order valence-corrected chi connectivity index (χ0v) is 15.2. The molecule has 4 rings (SSSR count). The Morgan fingerprint density at radius 1 is 1.30 bits per heavy atom. The number of carbonyl (C=O) groups excluding carboxylic acids is 2. The molecule has 0 aliphatic carbocycles. The normalized spacial score (nSPS) is 19.1. The van der Waals surface area contributed by atoms with Crippen molar-refractivity contribution in [3.8, 4) is 5.88 Å². The fourth-order valence-corrected chi connectivity index (χ4v) is 3.57. The number of aromatic nitrogens is 1. The van der Waals surface area contributed by atoms with Gasteiger partial charge in [0.15, 0.2) is 0 Å². The molecule has 2 amide bonds. The molecule has 1 aromatic heterocycles. The summed E-state index contributed by atoms with van der Waals surface area (Å²) in [5.74, 6) is -0.562. The molecule has 1 fully saturated rings. The minimum absolute atomic E-state index is 0.110. The van der Waals surface area contributed by atoms with E-state index >= 15 is 0 Å². The molecule has 1 aromatic carbocycles. The summed E-state index contributed by atoms with van der Waals surface area (Å²) < 4.78 is 19.1. The van der Waals surface area contributed by atoms with Crippen LogP contribution in [0.2, 0.25) is 0 Å². The minimum Gasteiger partial charge on any atom is -0.474 e. The summed E-state index contributed by atoms with van der Waals surface area (Å²) in [5.41, 5.74) is 2.67. The van der Waals surface area contributed by atoms with Gasteiger partial charge >= 0.3 is 0 Å². The average Bonchev–Trinajstić information content (AvgIpc) is 3.04. The van der Waals surface area contributed by atoms with Gasteiger partial charge in [-0.1, -0.05) is 0 Å². The van der Waals surface area contributed by atoms with Gasteiger partial charge in [-0.05, 0) is 49.2 Å². The van der Waals surface area contributed by atoms with Crippen LogP contribution in [0.25, 0.3) is 0 Å². The average molecular weight is 369 g/mol. The minimum atomic E-state index is -0.450. The van der Waals surface area contributed by atoms with Crippen molar-refractivity contribution >= 4 is 23.2 Å². The number of anilines is 2. The van der Waals surface area contributed by atoms with Gasteiger partial charge in [0, 0.05) is 24.8 Å². The highest BCUT2D eigenvalue weighted by molar-refractivity contribution is 6.05. The van der Waals surface area contributed by atoms with Crippen molar-refractivity contribution < 1.29 is 18.7 Å². The standard InChI is InChI=1S/C20H20FN3O3/c1-12-7-17-19(22-10-12)27-6-5-23(17)20(26)14-9-18(25)24(11-14)15-3-4-16(21)13(2)8-15/h3-4,7-8,10,14H,5-6,9,11H2,1-2H3. The molecule has 1 saturated heterocycles. The Hall–Kier alpha value is -2.96. The summed E-state index contributed by atoms with van der Waals surface area (Å²) in [5, 5.41) is 0. The second-order valence-corrected chi connectivity index (χ2v) is 7.01. The first-order chi connectivity index (χ1) is 12.9. The summed E-state index contributed by atoms with van der Waals surface area (Å²) in [7, 11) is 0. The summed E-state index contributed by atoms with van der Waals surface area (Å²) in [6.45, 7) is 4.65. The number of pyridine rings is 1. The molecule has 1 atom stereocenters. The Bertz CT molecular complexity index is 931. The van der Waals surface area contributed by atoms with Gasteiger partial charge in [0.1, 0.15) is 18.1 Å². The molecular formula is C20H20FN3O3. The van der Waals surface area contributed by atoms with Gasteiger partial charge < -0.3 is 14.5 Å². The molecule has 0 N–H and O–H groups in total. The van der Waals surface area contributed by atoms with Crippen molar-refractivity contribution in [2.24, 2.45) is 5.92 Å². The zero-order chi connectivity index (χ0) is 19.1. The van der Waals surface area contributed by atoms with Crippen LogP contribution in [0.4, 0.5) is 15.8 Å². The van der Waals surface area contributed by atoms with E-state index in [1.807, 2.05) is 13.0 Å². The Kier molecular flexibility index (Phi) is 4.30. The van der Waals surface area contributed by atoms with Gasteiger partial charge in [-0.3, -0.25) is 9.59 Å². The highest BCUT2D eigenvalue weighted by Crippen LogP contribution is 2.34. The SMILES string of the molecule is Cc1cnc2c(c1)N(C(=O)C1CC(=O)N(c3ccc(F)c(C)c3)C1)CCO2. The van der Waals surface area contributed by atoms with Crippen molar-refractivity contribution in [2.45, 2.75) is 20.3 Å². The number of hydrogen-bond donors (Lipinski definition) is 0. The predicted molar refractivity (Wildman–Crippen MR) is 98.4 cm³/mol. The number of nitrogens with zero attached hydrogens (tertiary/aromatic N) is 3. The first kappa shape index (κ1) is 17.5. The van der Waals surface area contributed by atoms with Crippen molar-refractivity contribution in [1.29, 1.82) is 0 Å². The third-order valence-corrected chi connectivity index (χ3v) is 5.01. The van der Waals surface area contributed by atoms with Crippen molar-refractivity contribution in [2.75, 3.05) is 29.5 Å². The zero-order valence-electron chi connectivity index (χ0n) is 15.2. The number of fused-ring (bicyclic) bond motifs is 1. The number of aryl methyl sites for hydroxylation is 2. The maximum Gasteiger partial charge on any atom is 0.238 e. The summed E-state index contributed by atoms with van der Waals surface area (Å²) in [6, 6.07) is 6.43. The van der Waals surface area contributed by atoms with E-state index in [4.69, 9.17) is 4.74 Å². The van der Waals surface area contributed by atoms with Crippen molar-refractivity contribution in [1.82, 2.24) is 4.98 Å². The molecule has 2 aliphatic rings. The number of hydrogen-bond acceptors (Lipinski definition) is 4. The van der Waals surface area contributed by atoms with Gasteiger partial charge in [-0.2, -0.15) is 0 Å². The van der Waals surface area contributed by atoms with E-state index in [0.717, 1.165) is 5.56 Å². The molecule has 1 unspecified atom stereocenters. The van der Waals surface area contributed by atoms with E-state index in [-0.39, 0.29) is 30.6 Å². The molecule has 3 heterocycles. The van der Waals surface area contributed by atoms with Crippen LogP contribution in [0.3, 0.4) is 0 Å². The molecule has 140 valence electrons. The fourth-order valence-electron chi connectivity index (χ4n) is 3.57. The Morgan fingerprint density at radius 3 is 2.89 bits per heavy atom. The molecule has 27 heavy (non-hydrogen) atoms. The maximum absolute atomic E-state index is 13.5. The third-order valence-electron chi connectivity index (χ3n) is 5.01. The number of carbonyl (C=O) groups is 2. The van der Waals surface area contributed by atoms with Crippen LogP contribution in [0.15, 0.2) is 30.5 Å². The molecule has 2 aromatic rings. The van der Waals surface area contributed by atoms with Crippen LogP contribution < -0.4 is 14.5 Å². The quantitative estimate of drug-likeness (QED) is 0.816. The van der Waals surface area contributed by atoms with E-state index in [9.17, 15) is 14.0 Å². The highest BCUT2D eigenvalue weighted by atomic mass is 19.1. The number of benzene rings is 1. The van der Waals surface area contributed by atoms with Crippen LogP contribution in [0, 0.1) is 25.6 Å². The second-order valence-electron chi connectivity index (χ2n) is 7.01. The smallest absolute Gasteiger partial charge is 0.238 e. The van der Waals surface area contributed by atoms with Gasteiger partial charge in [-0.25, -0.2) is 9.37 Å². The summed E-state index contributed by atoms with van der Waals surface area (Å²) in [4.78, 5) is 33.1. The topological polar surface area (TPSA) is 62.7 Å². The van der Waals surface area contributed by atoms with Crippen molar-refractivity contribution in [3.05, 3.63) is 47.4 Å². The van der Waals surface area contributed by atoms with E-state index in [1.54, 1.807) is 35.1 Å². The van der Waals surface area contributed by atoms with E-state index in [2.05, 4.69) is 4.98 Å². The highest BCUT2D eigenvalue weighted by Gasteiger charge is 2.39. The van der Waals surface area contributed by atoms with Crippen LogP contribution in [0.1, 0.15) is 17.5 Å². The van der Waals surface area contributed by atoms with Crippen LogP contribution in [0.5, 0.6) is 5.88 Å². The Morgan fingerprint density at radius 2 is 2.11 bits per heavy atom. The lowest BCUT2D eigenvalue weighted by Gasteiger charge is -2.30. The van der Waals surface area contributed by atoms with Crippen LogP contribution >= 0.6 is 0 Å². The van der Waals surface area contributed by atoms with Gasteiger partial charge in [-0.15, -0.1) is 0 Å².